The highest BCUT2D eigenvalue weighted by Gasteiger charge is 2.21. The van der Waals surface area contributed by atoms with E-state index < -0.39 is 0 Å². The molecule has 2 heterocycles. The topological polar surface area (TPSA) is 61.6 Å². The number of carbonyl (C=O) groups excluding carboxylic acids is 1. The van der Waals surface area contributed by atoms with E-state index in [1.165, 1.54) is 12.3 Å². The summed E-state index contributed by atoms with van der Waals surface area (Å²) in [7, 11) is 0. The summed E-state index contributed by atoms with van der Waals surface area (Å²) in [5.74, 6) is 0.109. The maximum absolute atomic E-state index is 13.8. The Kier molecular flexibility index (Phi) is 5.10. The average Bonchev–Trinajstić information content (AvgIpc) is 3.05. The Hall–Kier alpha value is -2.41. The molecule has 0 aliphatic carbocycles. The molecule has 1 amide bonds. The van der Waals surface area contributed by atoms with E-state index in [-0.39, 0.29) is 11.7 Å². The molecule has 3 rings (SSSR count). The number of nitrogens with one attached hydrogen (secondary N) is 1. The molecule has 0 spiro atoms. The van der Waals surface area contributed by atoms with Gasteiger partial charge in [-0.05, 0) is 19.1 Å². The minimum absolute atomic E-state index is 0.190. The number of carbonyl (C=O) groups is 1. The van der Waals surface area contributed by atoms with Gasteiger partial charge in [0.1, 0.15) is 12.1 Å². The number of oxazole rings is 1. The van der Waals surface area contributed by atoms with Crippen LogP contribution in [0.3, 0.4) is 0 Å². The summed E-state index contributed by atoms with van der Waals surface area (Å²) in [5.41, 5.74) is 0.948. The molecule has 7 heteroatoms. The minimum atomic E-state index is -0.225. The molecule has 24 heavy (non-hydrogen) atoms. The van der Waals surface area contributed by atoms with Crippen molar-refractivity contribution in [1.29, 1.82) is 0 Å². The molecule has 1 aliphatic heterocycles. The lowest BCUT2D eigenvalue weighted by Crippen LogP contribution is -2.46. The van der Waals surface area contributed by atoms with Gasteiger partial charge in [0.2, 0.25) is 5.89 Å². The molecule has 0 bridgehead atoms. The van der Waals surface area contributed by atoms with Gasteiger partial charge in [0, 0.05) is 32.7 Å². The predicted octanol–water partition coefficient (Wildman–Crippen LogP) is 1.89. The zero-order valence-corrected chi connectivity index (χ0v) is 13.7. The fourth-order valence-electron chi connectivity index (χ4n) is 2.79. The third kappa shape index (κ3) is 3.73. The smallest absolute Gasteiger partial charge is 0.273 e. The van der Waals surface area contributed by atoms with Crippen molar-refractivity contribution in [2.75, 3.05) is 37.6 Å². The number of halogens is 1. The van der Waals surface area contributed by atoms with Crippen LogP contribution in [0.25, 0.3) is 0 Å². The Morgan fingerprint density at radius 1 is 1.29 bits per heavy atom. The highest BCUT2D eigenvalue weighted by Crippen LogP contribution is 2.20. The number of aromatic nitrogens is 1. The molecule has 2 aromatic rings. The molecule has 0 unspecified atom stereocenters. The van der Waals surface area contributed by atoms with E-state index in [0.29, 0.717) is 30.4 Å². The Morgan fingerprint density at radius 2 is 2.04 bits per heavy atom. The van der Waals surface area contributed by atoms with E-state index >= 15 is 0 Å². The van der Waals surface area contributed by atoms with Crippen LogP contribution >= 0.6 is 0 Å². The van der Waals surface area contributed by atoms with Gasteiger partial charge in [-0.2, -0.15) is 0 Å². The van der Waals surface area contributed by atoms with Gasteiger partial charge in [-0.1, -0.05) is 12.1 Å². The number of piperazine rings is 1. The van der Waals surface area contributed by atoms with Gasteiger partial charge < -0.3 is 14.6 Å². The van der Waals surface area contributed by atoms with Crippen molar-refractivity contribution < 1.29 is 13.6 Å². The normalized spacial score (nSPS) is 15.5. The van der Waals surface area contributed by atoms with Crippen molar-refractivity contribution in [1.82, 2.24) is 15.2 Å². The minimum Gasteiger partial charge on any atom is -0.447 e. The molecule has 1 N–H and O–H groups in total. The third-order valence-corrected chi connectivity index (χ3v) is 4.05. The molecule has 1 fully saturated rings. The van der Waals surface area contributed by atoms with Gasteiger partial charge in [0.15, 0.2) is 5.69 Å². The van der Waals surface area contributed by atoms with Gasteiger partial charge in [0.05, 0.1) is 12.2 Å². The zero-order valence-electron chi connectivity index (χ0n) is 13.7. The Bertz CT molecular complexity index is 695. The standard InChI is InChI=1S/C17H21FN4O2/c1-2-19-17(23)14-12-24-16(20-14)11-21-7-9-22(10-8-21)15-6-4-3-5-13(15)18/h3-6,12H,2,7-11H2,1H3,(H,19,23). The number of hydrogen-bond acceptors (Lipinski definition) is 5. The van der Waals surface area contributed by atoms with Crippen molar-refractivity contribution in [2.24, 2.45) is 0 Å². The summed E-state index contributed by atoms with van der Waals surface area (Å²) in [6.07, 6.45) is 1.38. The number of benzene rings is 1. The molecule has 1 aromatic carbocycles. The Balaban J connectivity index is 1.54. The molecular formula is C17H21FN4O2. The fraction of sp³-hybridized carbons (Fsp3) is 0.412. The van der Waals surface area contributed by atoms with E-state index in [1.807, 2.05) is 17.9 Å². The van der Waals surface area contributed by atoms with Crippen molar-refractivity contribution >= 4 is 11.6 Å². The average molecular weight is 332 g/mol. The van der Waals surface area contributed by atoms with E-state index in [4.69, 9.17) is 4.42 Å². The van der Waals surface area contributed by atoms with Crippen molar-refractivity contribution in [2.45, 2.75) is 13.5 Å². The molecular weight excluding hydrogens is 311 g/mol. The summed E-state index contributed by atoms with van der Waals surface area (Å²) < 4.78 is 19.2. The molecule has 0 radical (unpaired) electrons. The van der Waals surface area contributed by atoms with Crippen LogP contribution in [0, 0.1) is 5.82 Å². The number of amides is 1. The number of hydrogen-bond donors (Lipinski definition) is 1. The largest absolute Gasteiger partial charge is 0.447 e. The van der Waals surface area contributed by atoms with Gasteiger partial charge in [-0.15, -0.1) is 0 Å². The first-order valence-corrected chi connectivity index (χ1v) is 8.12. The van der Waals surface area contributed by atoms with Crippen molar-refractivity contribution in [3.8, 4) is 0 Å². The number of para-hydroxylation sites is 1. The lowest BCUT2D eigenvalue weighted by Gasteiger charge is -2.35. The van der Waals surface area contributed by atoms with Gasteiger partial charge >= 0.3 is 0 Å². The van der Waals surface area contributed by atoms with Crippen molar-refractivity contribution in [3.05, 3.63) is 47.9 Å². The maximum Gasteiger partial charge on any atom is 0.273 e. The molecule has 1 aliphatic rings. The summed E-state index contributed by atoms with van der Waals surface area (Å²) in [6.45, 7) is 6.01. The van der Waals surface area contributed by atoms with E-state index in [2.05, 4.69) is 15.2 Å². The molecule has 128 valence electrons. The van der Waals surface area contributed by atoms with Crippen LogP contribution in [0.1, 0.15) is 23.3 Å². The van der Waals surface area contributed by atoms with E-state index in [1.54, 1.807) is 12.1 Å². The second-order valence-electron chi connectivity index (χ2n) is 5.70. The van der Waals surface area contributed by atoms with Gasteiger partial charge in [0.25, 0.3) is 5.91 Å². The van der Waals surface area contributed by atoms with Crippen LogP contribution in [0.2, 0.25) is 0 Å². The first-order chi connectivity index (χ1) is 11.7. The van der Waals surface area contributed by atoms with Crippen LogP contribution in [-0.4, -0.2) is 48.5 Å². The SMILES string of the molecule is CCNC(=O)c1coc(CN2CCN(c3ccccc3F)CC2)n1. The highest BCUT2D eigenvalue weighted by atomic mass is 19.1. The molecule has 1 saturated heterocycles. The summed E-state index contributed by atoms with van der Waals surface area (Å²) in [5, 5.41) is 2.69. The molecule has 0 saturated carbocycles. The van der Waals surface area contributed by atoms with E-state index in [9.17, 15) is 9.18 Å². The van der Waals surface area contributed by atoms with Crippen molar-refractivity contribution in [3.63, 3.8) is 0 Å². The lowest BCUT2D eigenvalue weighted by molar-refractivity contribution is 0.0950. The van der Waals surface area contributed by atoms with Crippen LogP contribution in [0.15, 0.2) is 34.9 Å². The summed E-state index contributed by atoms with van der Waals surface area (Å²) in [4.78, 5) is 20.1. The molecule has 0 atom stereocenters. The van der Waals surface area contributed by atoms with Crippen LogP contribution in [-0.2, 0) is 6.54 Å². The number of anilines is 1. The lowest BCUT2D eigenvalue weighted by atomic mass is 10.2. The summed E-state index contributed by atoms with van der Waals surface area (Å²) in [6, 6.07) is 6.83. The highest BCUT2D eigenvalue weighted by molar-refractivity contribution is 5.91. The predicted molar refractivity (Wildman–Crippen MR) is 88.4 cm³/mol. The Morgan fingerprint density at radius 3 is 2.75 bits per heavy atom. The number of nitrogens with zero attached hydrogens (tertiary/aromatic N) is 3. The van der Waals surface area contributed by atoms with Crippen LogP contribution < -0.4 is 10.2 Å². The second-order valence-corrected chi connectivity index (χ2v) is 5.70. The number of rotatable bonds is 5. The first kappa shape index (κ1) is 16.4. The molecule has 6 nitrogen and oxygen atoms in total. The zero-order chi connectivity index (χ0) is 16.9. The van der Waals surface area contributed by atoms with Gasteiger partial charge in [-0.25, -0.2) is 9.37 Å². The first-order valence-electron chi connectivity index (χ1n) is 8.12. The fourth-order valence-corrected chi connectivity index (χ4v) is 2.79. The summed E-state index contributed by atoms with van der Waals surface area (Å²) >= 11 is 0. The third-order valence-electron chi connectivity index (χ3n) is 4.05. The monoisotopic (exact) mass is 332 g/mol. The quantitative estimate of drug-likeness (QED) is 0.906. The van der Waals surface area contributed by atoms with E-state index in [0.717, 1.165) is 26.2 Å². The van der Waals surface area contributed by atoms with Crippen LogP contribution in [0.5, 0.6) is 0 Å². The van der Waals surface area contributed by atoms with Crippen LogP contribution in [0.4, 0.5) is 10.1 Å². The Labute approximate surface area is 140 Å². The second kappa shape index (κ2) is 7.44. The molecule has 1 aromatic heterocycles. The maximum atomic E-state index is 13.8. The van der Waals surface area contributed by atoms with Gasteiger partial charge in [-0.3, -0.25) is 9.69 Å².